The number of hydrogen-bond donors (Lipinski definition) is 3. The third-order valence-electron chi connectivity index (χ3n) is 12.2. The van der Waals surface area contributed by atoms with Crippen molar-refractivity contribution < 1.29 is 34.0 Å². The molecule has 5 fully saturated rings. The molecule has 3 N–H and O–H groups in total. The third kappa shape index (κ3) is 3.32. The molecule has 1 aromatic rings. The number of aromatic amines is 1. The highest BCUT2D eigenvalue weighted by molar-refractivity contribution is 6.00. The van der Waals surface area contributed by atoms with Gasteiger partial charge in [0.15, 0.2) is 11.6 Å². The number of rotatable bonds is 4. The Labute approximate surface area is 247 Å². The van der Waals surface area contributed by atoms with Crippen LogP contribution in [0, 0.1) is 30.6 Å². The Morgan fingerprint density at radius 3 is 2.69 bits per heavy atom. The number of Topliss-reactive ketones (excluding diaryl/α,β-unsaturated/α-hetero) is 1. The van der Waals surface area contributed by atoms with Crippen molar-refractivity contribution in [3.63, 3.8) is 0 Å². The van der Waals surface area contributed by atoms with Gasteiger partial charge in [0.2, 0.25) is 0 Å². The summed E-state index contributed by atoms with van der Waals surface area (Å²) in [4.78, 5) is 31.0. The Morgan fingerprint density at radius 2 is 1.98 bits per heavy atom. The van der Waals surface area contributed by atoms with Crippen LogP contribution in [0.2, 0.25) is 0 Å². The molecular weight excluding hydrogens is 536 g/mol. The van der Waals surface area contributed by atoms with Gasteiger partial charge in [0.1, 0.15) is 17.3 Å². The Balaban J connectivity index is 1.30. The van der Waals surface area contributed by atoms with Crippen LogP contribution in [-0.4, -0.2) is 87.8 Å². The highest BCUT2D eigenvalue weighted by Gasteiger charge is 2.79. The summed E-state index contributed by atoms with van der Waals surface area (Å²) >= 11 is 0. The molecule has 8 atom stereocenters. The van der Waals surface area contributed by atoms with E-state index in [1.165, 1.54) is 6.92 Å². The number of likely N-dealkylation sites (N-methyl/N-ethyl adjacent to an activating group) is 1. The van der Waals surface area contributed by atoms with E-state index in [9.17, 15) is 19.8 Å². The molecule has 8 rings (SSSR count). The first-order valence-corrected chi connectivity index (χ1v) is 15.5. The number of carbonyl (C=O) groups is 2. The Bertz CT molecular complexity index is 1450. The minimum Gasteiger partial charge on any atom is -0.454 e. The Hall–Kier alpha value is -2.30. The quantitative estimate of drug-likeness (QED) is 0.280. The van der Waals surface area contributed by atoms with Gasteiger partial charge in [-0.25, -0.2) is 4.79 Å². The Kier molecular flexibility index (Phi) is 6.02. The van der Waals surface area contributed by atoms with Crippen LogP contribution >= 0.6 is 0 Å². The number of hydrogen-bond acceptors (Lipinski definition) is 8. The number of carbonyl (C=O) groups excluding carboxylic acids is 2. The maximum absolute atomic E-state index is 13.6. The zero-order valence-corrected chi connectivity index (χ0v) is 25.6. The molecule has 3 aliphatic heterocycles. The lowest BCUT2D eigenvalue weighted by atomic mass is 9.41. The van der Waals surface area contributed by atoms with Crippen molar-refractivity contribution in [2.75, 3.05) is 26.7 Å². The van der Waals surface area contributed by atoms with Crippen LogP contribution in [0.3, 0.4) is 0 Å². The summed E-state index contributed by atoms with van der Waals surface area (Å²) in [5, 5.41) is 23.9. The number of fused-ring (bicyclic) bond motifs is 1. The predicted octanol–water partition coefficient (Wildman–Crippen LogP) is 3.76. The number of allylic oxidation sites excluding steroid dienone is 1. The minimum absolute atomic E-state index is 0.131. The number of aryl methyl sites for hydroxylation is 1. The average molecular weight is 581 g/mol. The molecule has 4 aliphatic carbocycles. The average Bonchev–Trinajstić information content (AvgIpc) is 3.32. The van der Waals surface area contributed by atoms with Gasteiger partial charge >= 0.3 is 5.97 Å². The summed E-state index contributed by atoms with van der Waals surface area (Å²) in [6.07, 6.45) is 6.66. The standard InChI is InChI=1S/C33H44N2O7/c1-18-26(19(2)34-27(18)20(3)36)28(38)41-21(4)23-9-10-32-24-8-7-22-15-31(39)12-11-29(22,5)33(24,42-31)25(37)16-30(23,32)17-35(6)13-14-40-32/h8-9,21-22,25,34,37,39H,7,10-17H2,1-6H3. The lowest BCUT2D eigenvalue weighted by Crippen LogP contribution is -2.79. The zero-order valence-electron chi connectivity index (χ0n) is 25.6. The van der Waals surface area contributed by atoms with Gasteiger partial charge in [0.25, 0.3) is 0 Å². The predicted molar refractivity (Wildman–Crippen MR) is 154 cm³/mol. The van der Waals surface area contributed by atoms with Crippen LogP contribution in [0.1, 0.15) is 91.4 Å². The minimum atomic E-state index is -1.25. The van der Waals surface area contributed by atoms with Crippen LogP contribution < -0.4 is 0 Å². The zero-order chi connectivity index (χ0) is 30.0. The number of H-pyrrole nitrogens is 1. The first-order valence-electron chi connectivity index (χ1n) is 15.5. The molecule has 7 aliphatic rings. The second-order valence-corrected chi connectivity index (χ2v) is 14.3. The SMILES string of the molecule is CC(=O)c1[nH]c(C)c(C(=O)OC(C)C2=CCC34OCCN(C)CC23CC(O)C23OC5(O)CCC2(C)C(CC=C43)C5)c1C. The van der Waals surface area contributed by atoms with Crippen molar-refractivity contribution in [1.82, 2.24) is 9.88 Å². The largest absolute Gasteiger partial charge is 0.454 e. The number of aromatic nitrogens is 1. The molecule has 9 heteroatoms. The molecule has 4 heterocycles. The van der Waals surface area contributed by atoms with Crippen LogP contribution in [0.15, 0.2) is 23.3 Å². The van der Waals surface area contributed by atoms with E-state index in [1.54, 1.807) is 13.8 Å². The van der Waals surface area contributed by atoms with Crippen LogP contribution in [0.5, 0.6) is 0 Å². The van der Waals surface area contributed by atoms with Crippen molar-refractivity contribution in [2.45, 2.75) is 102 Å². The van der Waals surface area contributed by atoms with E-state index < -0.39 is 40.6 Å². The normalized spacial score (nSPS) is 43.0. The van der Waals surface area contributed by atoms with Crippen molar-refractivity contribution in [2.24, 2.45) is 16.7 Å². The van der Waals surface area contributed by atoms with Crippen molar-refractivity contribution >= 4 is 11.8 Å². The highest BCUT2D eigenvalue weighted by atomic mass is 16.7. The van der Waals surface area contributed by atoms with Gasteiger partial charge in [0.05, 0.1) is 24.0 Å². The van der Waals surface area contributed by atoms with Crippen LogP contribution in [-0.2, 0) is 14.2 Å². The lowest BCUT2D eigenvalue weighted by molar-refractivity contribution is -0.401. The number of ether oxygens (including phenoxy) is 3. The molecule has 9 nitrogen and oxygen atoms in total. The first kappa shape index (κ1) is 28.5. The van der Waals surface area contributed by atoms with Gasteiger partial charge in [-0.3, -0.25) is 4.79 Å². The topological polar surface area (TPSA) is 121 Å². The molecular formula is C33H44N2O7. The molecule has 3 saturated heterocycles. The lowest BCUT2D eigenvalue weighted by Gasteiger charge is -2.73. The van der Waals surface area contributed by atoms with E-state index in [4.69, 9.17) is 14.2 Å². The van der Waals surface area contributed by atoms with Crippen molar-refractivity contribution in [3.05, 3.63) is 45.8 Å². The monoisotopic (exact) mass is 580 g/mol. The fourth-order valence-electron chi connectivity index (χ4n) is 10.3. The molecule has 0 radical (unpaired) electrons. The maximum Gasteiger partial charge on any atom is 0.340 e. The van der Waals surface area contributed by atoms with Gasteiger partial charge in [-0.15, -0.1) is 0 Å². The molecule has 0 aromatic carbocycles. The first-order chi connectivity index (χ1) is 19.7. The van der Waals surface area contributed by atoms with E-state index >= 15 is 0 Å². The number of nitrogens with zero attached hydrogens (tertiary/aromatic N) is 1. The summed E-state index contributed by atoms with van der Waals surface area (Å²) in [5.41, 5.74) is 1.13. The van der Waals surface area contributed by atoms with E-state index in [2.05, 4.69) is 36.0 Å². The van der Waals surface area contributed by atoms with Crippen molar-refractivity contribution in [3.8, 4) is 0 Å². The van der Waals surface area contributed by atoms with Gasteiger partial charge in [-0.05, 0) is 76.1 Å². The van der Waals surface area contributed by atoms with Gasteiger partial charge in [0, 0.05) is 49.4 Å². The molecule has 4 bridgehead atoms. The summed E-state index contributed by atoms with van der Waals surface area (Å²) < 4.78 is 19.9. The fraction of sp³-hybridized carbons (Fsp3) is 0.697. The summed E-state index contributed by atoms with van der Waals surface area (Å²) in [7, 11) is 2.07. The highest BCUT2D eigenvalue weighted by Crippen LogP contribution is 2.74. The van der Waals surface area contributed by atoms with E-state index in [0.29, 0.717) is 61.3 Å². The number of aliphatic hydroxyl groups excluding tert-OH is 1. The number of aliphatic hydroxyl groups is 2. The van der Waals surface area contributed by atoms with E-state index in [-0.39, 0.29) is 17.1 Å². The van der Waals surface area contributed by atoms with E-state index in [0.717, 1.165) is 30.5 Å². The number of ketones is 1. The fourth-order valence-corrected chi connectivity index (χ4v) is 10.3. The van der Waals surface area contributed by atoms with Crippen molar-refractivity contribution in [1.29, 1.82) is 0 Å². The van der Waals surface area contributed by atoms with E-state index in [1.807, 2.05) is 6.92 Å². The molecule has 42 heavy (non-hydrogen) atoms. The van der Waals surface area contributed by atoms with Gasteiger partial charge in [-0.2, -0.15) is 0 Å². The number of esters is 1. The molecule has 2 saturated carbocycles. The summed E-state index contributed by atoms with van der Waals surface area (Å²) in [6.45, 7) is 11.0. The second-order valence-electron chi connectivity index (χ2n) is 14.3. The van der Waals surface area contributed by atoms with Crippen LogP contribution in [0.4, 0.5) is 0 Å². The van der Waals surface area contributed by atoms with Gasteiger partial charge in [-0.1, -0.05) is 19.1 Å². The third-order valence-corrected chi connectivity index (χ3v) is 12.2. The maximum atomic E-state index is 13.6. The molecule has 0 amide bonds. The van der Waals surface area contributed by atoms with Gasteiger partial charge < -0.3 is 34.3 Å². The summed E-state index contributed by atoms with van der Waals surface area (Å²) in [5.74, 6) is -1.63. The molecule has 228 valence electrons. The molecule has 1 spiro atoms. The second kappa shape index (κ2) is 8.88. The molecule has 1 aromatic heterocycles. The molecule has 8 unspecified atom stereocenters. The Morgan fingerprint density at radius 1 is 1.21 bits per heavy atom. The summed E-state index contributed by atoms with van der Waals surface area (Å²) in [6, 6.07) is 0. The van der Waals surface area contributed by atoms with Crippen LogP contribution in [0.25, 0.3) is 0 Å². The number of nitrogens with one attached hydrogen (secondary N) is 1. The smallest absolute Gasteiger partial charge is 0.340 e.